The molecule has 10 heteroatoms. The van der Waals surface area contributed by atoms with Gasteiger partial charge in [-0.15, -0.1) is 12.4 Å². The highest BCUT2D eigenvalue weighted by Crippen LogP contribution is 2.32. The zero-order valence-electron chi connectivity index (χ0n) is 10.6. The minimum Gasteiger partial charge on any atom is -0.315 e. The Morgan fingerprint density at radius 2 is 1.95 bits per heavy atom. The third-order valence-corrected chi connectivity index (χ3v) is 4.46. The van der Waals surface area contributed by atoms with E-state index in [9.17, 15) is 26.0 Å². The molecule has 0 aromatic heterocycles. The van der Waals surface area contributed by atoms with Crippen molar-refractivity contribution in [1.29, 1.82) is 0 Å². The Bertz CT molecular complexity index is 601. The number of nitrogens with one attached hydrogen (secondary N) is 2. The van der Waals surface area contributed by atoms with Gasteiger partial charge in [0.1, 0.15) is 5.82 Å². The summed E-state index contributed by atoms with van der Waals surface area (Å²) in [5.74, 6) is -1.61. The van der Waals surface area contributed by atoms with Gasteiger partial charge in [0.25, 0.3) is 0 Å². The maximum atomic E-state index is 13.4. The number of alkyl halides is 3. The molecule has 2 rings (SSSR count). The molecule has 120 valence electrons. The Balaban J connectivity index is 0.00000220. The first-order valence-corrected chi connectivity index (χ1v) is 7.28. The maximum Gasteiger partial charge on any atom is 0.419 e. The van der Waals surface area contributed by atoms with E-state index in [1.807, 2.05) is 0 Å². The van der Waals surface area contributed by atoms with Crippen molar-refractivity contribution < 1.29 is 26.0 Å². The molecule has 0 spiro atoms. The van der Waals surface area contributed by atoms with Crippen molar-refractivity contribution in [1.82, 2.24) is 10.0 Å². The largest absolute Gasteiger partial charge is 0.419 e. The molecule has 1 heterocycles. The average molecular weight is 349 g/mol. The quantitative estimate of drug-likeness (QED) is 0.820. The standard InChI is InChI=1S/C11H12F4N2O2S.ClH/c12-10-5-8(1-2-9(10)11(13,14)15)20(18,19)17-7-3-4-16-6-7;/h1-2,5,7,16-17H,3-4,6H2;1H. The zero-order valence-corrected chi connectivity index (χ0v) is 12.2. The molecule has 2 N–H and O–H groups in total. The minimum atomic E-state index is -4.85. The molecule has 1 aliphatic heterocycles. The van der Waals surface area contributed by atoms with Crippen LogP contribution in [0.25, 0.3) is 0 Å². The third-order valence-electron chi connectivity index (χ3n) is 2.94. The van der Waals surface area contributed by atoms with E-state index in [0.29, 0.717) is 31.6 Å². The first kappa shape index (κ1) is 18.1. The lowest BCUT2D eigenvalue weighted by Gasteiger charge is -2.13. The molecule has 1 aliphatic rings. The van der Waals surface area contributed by atoms with E-state index in [2.05, 4.69) is 10.0 Å². The SMILES string of the molecule is Cl.O=S(=O)(NC1CCNC1)c1ccc(C(F)(F)F)c(F)c1. The van der Waals surface area contributed by atoms with Gasteiger partial charge in [0.2, 0.25) is 10.0 Å². The van der Waals surface area contributed by atoms with E-state index in [1.165, 1.54) is 0 Å². The van der Waals surface area contributed by atoms with E-state index in [4.69, 9.17) is 0 Å². The predicted octanol–water partition coefficient (Wildman–Crippen LogP) is 1.91. The van der Waals surface area contributed by atoms with Gasteiger partial charge >= 0.3 is 6.18 Å². The van der Waals surface area contributed by atoms with Gasteiger partial charge in [0, 0.05) is 12.6 Å². The summed E-state index contributed by atoms with van der Waals surface area (Å²) in [6, 6.07) is 1.21. The fraction of sp³-hybridized carbons (Fsp3) is 0.455. The first-order valence-electron chi connectivity index (χ1n) is 5.80. The van der Waals surface area contributed by atoms with Crippen LogP contribution in [0.1, 0.15) is 12.0 Å². The van der Waals surface area contributed by atoms with E-state index in [0.717, 1.165) is 6.07 Å². The van der Waals surface area contributed by atoms with E-state index < -0.39 is 32.5 Å². The molecule has 1 unspecified atom stereocenters. The van der Waals surface area contributed by atoms with Crippen LogP contribution >= 0.6 is 12.4 Å². The Hall–Kier alpha value is -0.900. The highest BCUT2D eigenvalue weighted by Gasteiger charge is 2.35. The van der Waals surface area contributed by atoms with Crippen molar-refractivity contribution in [3.05, 3.63) is 29.6 Å². The van der Waals surface area contributed by atoms with E-state index >= 15 is 0 Å². The monoisotopic (exact) mass is 348 g/mol. The van der Waals surface area contributed by atoms with Crippen LogP contribution in [-0.4, -0.2) is 27.5 Å². The normalized spacial score (nSPS) is 19.3. The van der Waals surface area contributed by atoms with Crippen LogP contribution in [0.2, 0.25) is 0 Å². The van der Waals surface area contributed by atoms with Crippen LogP contribution in [0.4, 0.5) is 17.6 Å². The summed E-state index contributed by atoms with van der Waals surface area (Å²) in [7, 11) is -4.03. The van der Waals surface area contributed by atoms with Crippen molar-refractivity contribution in [2.45, 2.75) is 23.5 Å². The molecule has 1 fully saturated rings. The van der Waals surface area contributed by atoms with Crippen molar-refractivity contribution in [2.24, 2.45) is 0 Å². The van der Waals surface area contributed by atoms with Gasteiger partial charge in [0.15, 0.2) is 0 Å². The molecule has 0 bridgehead atoms. The van der Waals surface area contributed by atoms with Crippen molar-refractivity contribution in [3.63, 3.8) is 0 Å². The number of benzene rings is 1. The van der Waals surface area contributed by atoms with Gasteiger partial charge in [-0.3, -0.25) is 0 Å². The van der Waals surface area contributed by atoms with E-state index in [1.54, 1.807) is 0 Å². The van der Waals surface area contributed by atoms with Crippen molar-refractivity contribution in [3.8, 4) is 0 Å². The lowest BCUT2D eigenvalue weighted by atomic mass is 10.2. The van der Waals surface area contributed by atoms with Gasteiger partial charge in [0.05, 0.1) is 10.5 Å². The van der Waals surface area contributed by atoms with Gasteiger partial charge < -0.3 is 5.32 Å². The minimum absolute atomic E-state index is 0. The summed E-state index contributed by atoms with van der Waals surface area (Å²) >= 11 is 0. The third kappa shape index (κ3) is 4.29. The summed E-state index contributed by atoms with van der Waals surface area (Å²) in [6.45, 7) is 1.08. The summed E-state index contributed by atoms with van der Waals surface area (Å²) in [5.41, 5.74) is -1.49. The van der Waals surface area contributed by atoms with Crippen molar-refractivity contribution >= 4 is 22.4 Å². The molecule has 4 nitrogen and oxygen atoms in total. The lowest BCUT2D eigenvalue weighted by Crippen LogP contribution is -2.36. The fourth-order valence-electron chi connectivity index (χ4n) is 1.94. The Labute approximate surface area is 125 Å². The highest BCUT2D eigenvalue weighted by atomic mass is 35.5. The molecule has 0 aliphatic carbocycles. The highest BCUT2D eigenvalue weighted by molar-refractivity contribution is 7.89. The Kier molecular flexibility index (Phi) is 5.59. The number of hydrogen-bond acceptors (Lipinski definition) is 3. The summed E-state index contributed by atoms with van der Waals surface area (Å²) in [4.78, 5) is -0.519. The summed E-state index contributed by atoms with van der Waals surface area (Å²) in [6.07, 6.45) is -4.28. The number of halogens is 5. The lowest BCUT2D eigenvalue weighted by molar-refractivity contribution is -0.140. The van der Waals surface area contributed by atoms with Crippen molar-refractivity contribution in [2.75, 3.05) is 13.1 Å². The molecule has 0 saturated carbocycles. The second kappa shape index (κ2) is 6.47. The fourth-order valence-corrected chi connectivity index (χ4v) is 3.22. The average Bonchev–Trinajstić information content (AvgIpc) is 2.79. The van der Waals surface area contributed by atoms with Crippen LogP contribution < -0.4 is 10.0 Å². The maximum absolute atomic E-state index is 13.4. The molecule has 0 radical (unpaired) electrons. The molecule has 21 heavy (non-hydrogen) atoms. The van der Waals surface area contributed by atoms with Gasteiger partial charge in [-0.05, 0) is 31.2 Å². The van der Waals surface area contributed by atoms with Gasteiger partial charge in [-0.25, -0.2) is 17.5 Å². The molecular formula is C11H13ClF4N2O2S. The van der Waals surface area contributed by atoms with Crippen LogP contribution in [0.3, 0.4) is 0 Å². The van der Waals surface area contributed by atoms with E-state index in [-0.39, 0.29) is 18.4 Å². The molecule has 0 amide bonds. The number of sulfonamides is 1. The van der Waals surface area contributed by atoms with Gasteiger partial charge in [-0.2, -0.15) is 13.2 Å². The van der Waals surface area contributed by atoms with Crippen LogP contribution in [-0.2, 0) is 16.2 Å². The Morgan fingerprint density at radius 1 is 1.29 bits per heavy atom. The molecule has 1 aromatic carbocycles. The van der Waals surface area contributed by atoms with Crippen LogP contribution in [0.15, 0.2) is 23.1 Å². The number of hydrogen-bond donors (Lipinski definition) is 2. The molecule has 1 aromatic rings. The topological polar surface area (TPSA) is 58.2 Å². The van der Waals surface area contributed by atoms with Gasteiger partial charge in [-0.1, -0.05) is 0 Å². The smallest absolute Gasteiger partial charge is 0.315 e. The molecule has 1 saturated heterocycles. The second-order valence-corrected chi connectivity index (χ2v) is 6.16. The molecule has 1 atom stereocenters. The van der Waals surface area contributed by atoms with Crippen LogP contribution in [0, 0.1) is 5.82 Å². The van der Waals surface area contributed by atoms with Crippen LogP contribution in [0.5, 0.6) is 0 Å². The zero-order chi connectivity index (χ0) is 15.0. The first-order chi connectivity index (χ1) is 9.20. The number of rotatable bonds is 3. The summed E-state index contributed by atoms with van der Waals surface area (Å²) < 4.78 is 76.7. The molecular weight excluding hydrogens is 336 g/mol. The predicted molar refractivity (Wildman–Crippen MR) is 70.2 cm³/mol. The Morgan fingerprint density at radius 3 is 2.43 bits per heavy atom. The summed E-state index contributed by atoms with van der Waals surface area (Å²) in [5, 5.41) is 2.94. The second-order valence-electron chi connectivity index (χ2n) is 4.45.